The molecule has 4 aliphatic rings. The van der Waals surface area contributed by atoms with E-state index < -0.39 is 63.4 Å². The lowest BCUT2D eigenvalue weighted by atomic mass is 9.82. The van der Waals surface area contributed by atoms with Gasteiger partial charge in [-0.15, -0.1) is 0 Å². The minimum Gasteiger partial charge on any atom is -0.504 e. The Morgan fingerprint density at radius 2 is 1.15 bits per heavy atom. The topological polar surface area (TPSA) is 148 Å². The first-order chi connectivity index (χ1) is 21.7. The third-order valence-electron chi connectivity index (χ3n) is 8.72. The number of phenolic OH excluding ortho intramolecular Hbond substituents is 2. The number of carbonyl (C=O) groups is 2. The highest BCUT2D eigenvalue weighted by molar-refractivity contribution is 6.74. The number of rotatable bonds is 10. The van der Waals surface area contributed by atoms with Crippen LogP contribution in [0.25, 0.3) is 12.2 Å². The average molecular weight is 657 g/mol. The number of ether oxygens (including phenoxy) is 7. The Balaban J connectivity index is 1.39. The van der Waals surface area contributed by atoms with Crippen molar-refractivity contribution in [1.82, 2.24) is 0 Å². The lowest BCUT2D eigenvalue weighted by molar-refractivity contribution is -0.478. The SMILES string of the molecule is COc1cc(/C=C/C(=O)OC2C3OC4O[C@H]2C(O[Si](C)(C)C(C)(C)C)[C@@H](O4)C3OC(=O)/C=C/c2ccc(O)c(OC)c2)ccc1O. The largest absolute Gasteiger partial charge is 0.504 e. The van der Waals surface area contributed by atoms with Gasteiger partial charge < -0.3 is 47.8 Å². The summed E-state index contributed by atoms with van der Waals surface area (Å²) in [5.74, 6) is -0.916. The van der Waals surface area contributed by atoms with Crippen LogP contribution in [0.5, 0.6) is 23.0 Å². The molecule has 2 aromatic carbocycles. The third kappa shape index (κ3) is 6.93. The lowest BCUT2D eigenvalue weighted by Crippen LogP contribution is -2.77. The van der Waals surface area contributed by atoms with E-state index in [1.54, 1.807) is 24.3 Å². The lowest BCUT2D eigenvalue weighted by Gasteiger charge is -2.59. The number of hydrogen-bond donors (Lipinski definition) is 2. The molecular weight excluding hydrogens is 616 g/mol. The number of methoxy groups -OCH3 is 2. The van der Waals surface area contributed by atoms with Crippen molar-refractivity contribution in [1.29, 1.82) is 0 Å². The molecule has 6 rings (SSSR count). The molecule has 3 saturated heterocycles. The number of benzene rings is 2. The standard InChI is InChI=1S/C33H40O12Si/c1-33(2,3)46(6,7)45-31-29-26(40-24(36)14-10-18-8-12-20(34)22(16-18)38-4)28-27(30(31)44-32(42-28)43-29)41-25(37)15-11-19-9-13-21(35)23(17-19)39-5/h8-17,26-32,34-35H,1-7H3/b14-10+,15-11+/t26?,27?,28?,29-,30+,31?,32?. The molecule has 12 nitrogen and oxygen atoms in total. The Labute approximate surface area is 268 Å². The number of carbonyl (C=O) groups excluding carboxylic acids is 2. The van der Waals surface area contributed by atoms with Crippen molar-refractivity contribution >= 4 is 32.4 Å². The number of phenols is 2. The Morgan fingerprint density at radius 1 is 0.739 bits per heavy atom. The molecule has 46 heavy (non-hydrogen) atoms. The molecule has 248 valence electrons. The summed E-state index contributed by atoms with van der Waals surface area (Å²) in [5, 5.41) is 19.6. The van der Waals surface area contributed by atoms with Crippen LogP contribution in [0.2, 0.25) is 18.1 Å². The number of esters is 2. The van der Waals surface area contributed by atoms with Crippen LogP contribution in [0, 0.1) is 0 Å². The molecule has 3 aliphatic heterocycles. The van der Waals surface area contributed by atoms with Crippen molar-refractivity contribution in [2.45, 2.75) is 82.0 Å². The maximum atomic E-state index is 13.1. The summed E-state index contributed by atoms with van der Waals surface area (Å²) in [7, 11) is 0.434. The second-order valence-electron chi connectivity index (χ2n) is 12.8. The fourth-order valence-electron chi connectivity index (χ4n) is 5.26. The van der Waals surface area contributed by atoms with Crippen molar-refractivity contribution in [2.75, 3.05) is 14.2 Å². The van der Waals surface area contributed by atoms with Gasteiger partial charge in [-0.3, -0.25) is 0 Å². The first-order valence-electron chi connectivity index (χ1n) is 14.9. The Bertz CT molecular complexity index is 1420. The van der Waals surface area contributed by atoms with Gasteiger partial charge in [0.25, 0.3) is 6.48 Å². The predicted octanol–water partition coefficient (Wildman–Crippen LogP) is 4.54. The highest BCUT2D eigenvalue weighted by atomic mass is 28.4. The van der Waals surface area contributed by atoms with Crippen LogP contribution in [0.1, 0.15) is 31.9 Å². The quantitative estimate of drug-likeness (QED) is 0.210. The van der Waals surface area contributed by atoms with Crippen LogP contribution < -0.4 is 9.47 Å². The normalized spacial score (nSPS) is 27.2. The predicted molar refractivity (Wildman–Crippen MR) is 168 cm³/mol. The Morgan fingerprint density at radius 3 is 1.54 bits per heavy atom. The van der Waals surface area contributed by atoms with E-state index in [0.29, 0.717) is 11.1 Å². The smallest absolute Gasteiger partial charge is 0.331 e. The minimum absolute atomic E-state index is 0.0293. The zero-order chi connectivity index (χ0) is 33.4. The fraction of sp³-hybridized carbons (Fsp3) is 0.455. The van der Waals surface area contributed by atoms with Crippen LogP contribution in [-0.4, -0.2) is 87.8 Å². The molecule has 5 unspecified atom stereocenters. The van der Waals surface area contributed by atoms with Crippen LogP contribution >= 0.6 is 0 Å². The summed E-state index contributed by atoms with van der Waals surface area (Å²) in [5.41, 5.74) is 1.20. The molecule has 2 aromatic rings. The van der Waals surface area contributed by atoms with E-state index in [1.165, 1.54) is 50.7 Å². The summed E-state index contributed by atoms with van der Waals surface area (Å²) in [6.07, 6.45) is 0.476. The molecular formula is C33H40O12Si. The van der Waals surface area contributed by atoms with Gasteiger partial charge in [0.05, 0.1) is 14.2 Å². The maximum Gasteiger partial charge on any atom is 0.331 e. The number of aromatic hydroxyl groups is 2. The maximum absolute atomic E-state index is 13.1. The van der Waals surface area contributed by atoms with Crippen molar-refractivity contribution in [3.63, 3.8) is 0 Å². The summed E-state index contributed by atoms with van der Waals surface area (Å²) < 4.78 is 46.9. The van der Waals surface area contributed by atoms with Gasteiger partial charge in [-0.25, -0.2) is 9.59 Å². The Hall–Kier alpha value is -3.88. The molecule has 2 N–H and O–H groups in total. The molecule has 13 heteroatoms. The molecule has 1 aliphatic carbocycles. The van der Waals surface area contributed by atoms with E-state index in [9.17, 15) is 19.8 Å². The zero-order valence-corrected chi connectivity index (χ0v) is 27.8. The highest BCUT2D eigenvalue weighted by Gasteiger charge is 2.66. The molecule has 4 fully saturated rings. The minimum atomic E-state index is -2.42. The summed E-state index contributed by atoms with van der Waals surface area (Å²) >= 11 is 0. The van der Waals surface area contributed by atoms with Gasteiger partial charge in [-0.2, -0.15) is 0 Å². The first kappa shape index (κ1) is 33.5. The zero-order valence-electron chi connectivity index (χ0n) is 26.8. The van der Waals surface area contributed by atoms with Crippen molar-refractivity contribution in [3.05, 3.63) is 59.7 Å². The van der Waals surface area contributed by atoms with Crippen molar-refractivity contribution in [2.24, 2.45) is 0 Å². The second-order valence-corrected chi connectivity index (χ2v) is 17.5. The molecule has 0 amide bonds. The van der Waals surface area contributed by atoms with Crippen molar-refractivity contribution in [3.8, 4) is 23.0 Å². The molecule has 0 spiro atoms. The van der Waals surface area contributed by atoms with Gasteiger partial charge >= 0.3 is 11.9 Å². The highest BCUT2D eigenvalue weighted by Crippen LogP contribution is 2.47. The van der Waals surface area contributed by atoms with Gasteiger partial charge in [0.2, 0.25) is 0 Å². The van der Waals surface area contributed by atoms with Gasteiger partial charge in [0.15, 0.2) is 43.5 Å². The van der Waals surface area contributed by atoms with Crippen LogP contribution in [-0.2, 0) is 37.7 Å². The fourth-order valence-corrected chi connectivity index (χ4v) is 6.56. The average Bonchev–Trinajstić information content (AvgIpc) is 3.00. The van der Waals surface area contributed by atoms with E-state index in [0.717, 1.165) is 0 Å². The van der Waals surface area contributed by atoms with E-state index in [4.69, 9.17) is 37.6 Å². The van der Waals surface area contributed by atoms with Crippen LogP contribution in [0.3, 0.4) is 0 Å². The van der Waals surface area contributed by atoms with E-state index in [2.05, 4.69) is 33.9 Å². The molecule has 3 heterocycles. The molecule has 1 saturated carbocycles. The first-order valence-corrected chi connectivity index (χ1v) is 17.8. The van der Waals surface area contributed by atoms with Crippen LogP contribution in [0.15, 0.2) is 48.6 Å². The molecule has 0 aromatic heterocycles. The summed E-state index contributed by atoms with van der Waals surface area (Å²) in [6.45, 7) is 9.42. The van der Waals surface area contributed by atoms with Crippen molar-refractivity contribution < 1.29 is 57.4 Å². The Kier molecular flexibility index (Phi) is 9.52. The molecule has 4 bridgehead atoms. The third-order valence-corrected chi connectivity index (χ3v) is 13.2. The molecule has 7 atom stereocenters. The van der Waals surface area contributed by atoms with E-state index in [-0.39, 0.29) is 28.0 Å². The van der Waals surface area contributed by atoms with E-state index in [1.807, 2.05) is 0 Å². The van der Waals surface area contributed by atoms with E-state index >= 15 is 0 Å². The monoisotopic (exact) mass is 656 g/mol. The van der Waals surface area contributed by atoms with Gasteiger partial charge in [0, 0.05) is 12.2 Å². The molecule has 0 radical (unpaired) electrons. The summed E-state index contributed by atoms with van der Waals surface area (Å²) in [4.78, 5) is 26.3. The van der Waals surface area contributed by atoms with Crippen LogP contribution in [0.4, 0.5) is 0 Å². The van der Waals surface area contributed by atoms with Gasteiger partial charge in [-0.05, 0) is 65.7 Å². The van der Waals surface area contributed by atoms with Gasteiger partial charge in [0.1, 0.15) is 24.4 Å². The number of hydrogen-bond acceptors (Lipinski definition) is 12. The van der Waals surface area contributed by atoms with Gasteiger partial charge in [-0.1, -0.05) is 32.9 Å². The second kappa shape index (κ2) is 13.1. The summed E-state index contributed by atoms with van der Waals surface area (Å²) in [6, 6.07) is 9.30.